The number of carbonyl (C=O) groups is 2. The number of rotatable bonds is 8. The van der Waals surface area contributed by atoms with Gasteiger partial charge in [0.05, 0.1) is 12.1 Å². The van der Waals surface area contributed by atoms with Crippen LogP contribution in [0.25, 0.3) is 10.9 Å². The summed E-state index contributed by atoms with van der Waals surface area (Å²) in [5.41, 5.74) is 1.73. The first kappa shape index (κ1) is 17.5. The van der Waals surface area contributed by atoms with E-state index in [-0.39, 0.29) is 6.42 Å². The number of fused-ring (bicyclic) bond motifs is 1. The van der Waals surface area contributed by atoms with Crippen molar-refractivity contribution in [3.63, 3.8) is 0 Å². The highest BCUT2D eigenvalue weighted by Crippen LogP contribution is 2.17. The Hall–Kier alpha value is -3.35. The largest absolute Gasteiger partial charge is 0.492 e. The smallest absolute Gasteiger partial charge is 0.318 e. The van der Waals surface area contributed by atoms with E-state index in [1.807, 2.05) is 24.5 Å². The summed E-state index contributed by atoms with van der Waals surface area (Å²) in [6, 6.07) is 10.8. The summed E-state index contributed by atoms with van der Waals surface area (Å²) >= 11 is 0. The van der Waals surface area contributed by atoms with Gasteiger partial charge in [0, 0.05) is 24.0 Å². The molecule has 0 aliphatic heterocycles. The number of hydrogen-bond donors (Lipinski definition) is 2. The van der Waals surface area contributed by atoms with Crippen molar-refractivity contribution in [3.05, 3.63) is 60.6 Å². The number of benzene rings is 1. The van der Waals surface area contributed by atoms with Crippen molar-refractivity contribution < 1.29 is 24.5 Å². The average Bonchev–Trinajstić information content (AvgIpc) is 3.04. The van der Waals surface area contributed by atoms with Gasteiger partial charge in [0.25, 0.3) is 0 Å². The molecule has 3 rings (SSSR count). The van der Waals surface area contributed by atoms with E-state index < -0.39 is 17.9 Å². The standard InChI is InChI=1S/C19H18N2O5/c22-18(23)16(19(24)25)11-13-1-3-15(4-2-13)26-10-9-21-8-6-14-12-20-7-5-17(14)21/h1-8,12,16H,9-11H2,(H,22,23)(H,24,25). The van der Waals surface area contributed by atoms with Crippen molar-refractivity contribution in [3.8, 4) is 5.75 Å². The monoisotopic (exact) mass is 354 g/mol. The van der Waals surface area contributed by atoms with Crippen LogP contribution >= 0.6 is 0 Å². The highest BCUT2D eigenvalue weighted by atomic mass is 16.5. The zero-order chi connectivity index (χ0) is 18.5. The van der Waals surface area contributed by atoms with Crippen LogP contribution in [-0.2, 0) is 22.6 Å². The first-order valence-electron chi connectivity index (χ1n) is 8.11. The van der Waals surface area contributed by atoms with Crippen molar-refractivity contribution in [1.29, 1.82) is 0 Å². The van der Waals surface area contributed by atoms with Gasteiger partial charge in [-0.15, -0.1) is 0 Å². The molecule has 0 unspecified atom stereocenters. The third-order valence-corrected chi connectivity index (χ3v) is 4.13. The maximum Gasteiger partial charge on any atom is 0.318 e. The molecule has 3 aromatic rings. The van der Waals surface area contributed by atoms with Gasteiger partial charge in [-0.1, -0.05) is 12.1 Å². The van der Waals surface area contributed by atoms with E-state index in [2.05, 4.69) is 9.55 Å². The Balaban J connectivity index is 1.56. The second kappa shape index (κ2) is 7.69. The van der Waals surface area contributed by atoms with Crippen LogP contribution < -0.4 is 4.74 Å². The summed E-state index contributed by atoms with van der Waals surface area (Å²) in [6.07, 6.45) is 5.48. The molecular weight excluding hydrogens is 336 g/mol. The number of nitrogens with zero attached hydrogens (tertiary/aromatic N) is 2. The molecule has 0 aliphatic carbocycles. The van der Waals surface area contributed by atoms with Crippen LogP contribution in [0, 0.1) is 5.92 Å². The SMILES string of the molecule is O=C(O)C(Cc1ccc(OCCn2ccc3cnccc32)cc1)C(=O)O. The Bertz CT molecular complexity index is 903. The number of hydrogen-bond acceptors (Lipinski definition) is 4. The molecule has 7 nitrogen and oxygen atoms in total. The molecule has 0 aliphatic rings. The van der Waals surface area contributed by atoms with Gasteiger partial charge in [-0.2, -0.15) is 0 Å². The Morgan fingerprint density at radius 1 is 1.08 bits per heavy atom. The molecule has 0 fully saturated rings. The van der Waals surface area contributed by atoms with Crippen molar-refractivity contribution in [2.75, 3.05) is 6.61 Å². The van der Waals surface area contributed by atoms with Gasteiger partial charge in [0.2, 0.25) is 0 Å². The van der Waals surface area contributed by atoms with Crippen LogP contribution in [0.3, 0.4) is 0 Å². The van der Waals surface area contributed by atoms with E-state index in [0.29, 0.717) is 24.5 Å². The summed E-state index contributed by atoms with van der Waals surface area (Å²) in [4.78, 5) is 26.0. The molecule has 0 bridgehead atoms. The molecule has 0 spiro atoms. The Morgan fingerprint density at radius 2 is 1.81 bits per heavy atom. The van der Waals surface area contributed by atoms with Gasteiger partial charge in [0.15, 0.2) is 5.92 Å². The average molecular weight is 354 g/mol. The quantitative estimate of drug-likeness (QED) is 0.603. The van der Waals surface area contributed by atoms with Gasteiger partial charge in [-0.3, -0.25) is 14.6 Å². The Labute approximate surface area is 149 Å². The lowest BCUT2D eigenvalue weighted by molar-refractivity contribution is -0.154. The van der Waals surface area contributed by atoms with E-state index in [9.17, 15) is 9.59 Å². The molecule has 0 atom stereocenters. The fourth-order valence-corrected chi connectivity index (χ4v) is 2.73. The van der Waals surface area contributed by atoms with Crippen molar-refractivity contribution >= 4 is 22.8 Å². The minimum Gasteiger partial charge on any atom is -0.492 e. The molecule has 7 heteroatoms. The molecule has 0 amide bonds. The topological polar surface area (TPSA) is 102 Å². The van der Waals surface area contributed by atoms with Crippen LogP contribution in [0.5, 0.6) is 5.75 Å². The highest BCUT2D eigenvalue weighted by Gasteiger charge is 2.25. The second-order valence-corrected chi connectivity index (χ2v) is 5.87. The molecule has 134 valence electrons. The summed E-state index contributed by atoms with van der Waals surface area (Å²) in [5.74, 6) is -3.48. The third kappa shape index (κ3) is 4.00. The number of carboxylic acids is 2. The lowest BCUT2D eigenvalue weighted by atomic mass is 10.00. The van der Waals surface area contributed by atoms with Crippen LogP contribution in [-0.4, -0.2) is 38.3 Å². The predicted molar refractivity (Wildman–Crippen MR) is 94.1 cm³/mol. The molecular formula is C19H18N2O5. The highest BCUT2D eigenvalue weighted by molar-refractivity contribution is 5.93. The number of aliphatic carboxylic acids is 2. The van der Waals surface area contributed by atoms with Gasteiger partial charge < -0.3 is 19.5 Å². The second-order valence-electron chi connectivity index (χ2n) is 5.87. The molecule has 0 saturated heterocycles. The Kier molecular flexibility index (Phi) is 5.17. The zero-order valence-electron chi connectivity index (χ0n) is 13.9. The maximum absolute atomic E-state index is 10.9. The first-order valence-corrected chi connectivity index (χ1v) is 8.11. The van der Waals surface area contributed by atoms with Gasteiger partial charge in [-0.25, -0.2) is 0 Å². The van der Waals surface area contributed by atoms with E-state index in [1.165, 1.54) is 0 Å². The van der Waals surface area contributed by atoms with E-state index in [4.69, 9.17) is 14.9 Å². The molecule has 0 radical (unpaired) electrons. The van der Waals surface area contributed by atoms with Crippen molar-refractivity contribution in [2.24, 2.45) is 5.92 Å². The van der Waals surface area contributed by atoms with Gasteiger partial charge >= 0.3 is 11.9 Å². The van der Waals surface area contributed by atoms with Gasteiger partial charge in [0.1, 0.15) is 12.4 Å². The molecule has 2 aromatic heterocycles. The number of pyridine rings is 1. The molecule has 2 heterocycles. The van der Waals surface area contributed by atoms with Crippen LogP contribution in [0.15, 0.2) is 55.0 Å². The number of aromatic nitrogens is 2. The van der Waals surface area contributed by atoms with E-state index >= 15 is 0 Å². The normalized spacial score (nSPS) is 11.0. The molecule has 1 aromatic carbocycles. The summed E-state index contributed by atoms with van der Waals surface area (Å²) in [6.45, 7) is 1.15. The first-order chi connectivity index (χ1) is 12.5. The van der Waals surface area contributed by atoms with Crippen LogP contribution in [0.1, 0.15) is 5.56 Å². The summed E-state index contributed by atoms with van der Waals surface area (Å²) in [5, 5.41) is 18.9. The van der Waals surface area contributed by atoms with Crippen molar-refractivity contribution in [1.82, 2.24) is 9.55 Å². The van der Waals surface area contributed by atoms with E-state index in [0.717, 1.165) is 10.9 Å². The fourth-order valence-electron chi connectivity index (χ4n) is 2.73. The zero-order valence-corrected chi connectivity index (χ0v) is 13.9. The summed E-state index contributed by atoms with van der Waals surface area (Å²) in [7, 11) is 0. The molecule has 0 saturated carbocycles. The minimum absolute atomic E-state index is 0.0612. The third-order valence-electron chi connectivity index (χ3n) is 4.13. The van der Waals surface area contributed by atoms with Crippen LogP contribution in [0.2, 0.25) is 0 Å². The van der Waals surface area contributed by atoms with Gasteiger partial charge in [-0.05, 0) is 36.2 Å². The Morgan fingerprint density at radius 3 is 2.50 bits per heavy atom. The predicted octanol–water partition coefficient (Wildman–Crippen LogP) is 2.44. The lowest BCUT2D eigenvalue weighted by Crippen LogP contribution is -2.25. The van der Waals surface area contributed by atoms with E-state index in [1.54, 1.807) is 30.5 Å². The molecule has 26 heavy (non-hydrogen) atoms. The number of ether oxygens (including phenoxy) is 1. The lowest BCUT2D eigenvalue weighted by Gasteiger charge is -2.10. The van der Waals surface area contributed by atoms with Crippen molar-refractivity contribution in [2.45, 2.75) is 13.0 Å². The number of carboxylic acid groups (broad SMARTS) is 2. The maximum atomic E-state index is 10.9. The van der Waals surface area contributed by atoms with Crippen LogP contribution in [0.4, 0.5) is 0 Å². The molecule has 2 N–H and O–H groups in total. The summed E-state index contributed by atoms with van der Waals surface area (Å²) < 4.78 is 7.79. The minimum atomic E-state index is -1.45. The fraction of sp³-hybridized carbons (Fsp3) is 0.211.